The van der Waals surface area contributed by atoms with Crippen molar-refractivity contribution in [3.05, 3.63) is 68.6 Å². The fourth-order valence-corrected chi connectivity index (χ4v) is 4.47. The molecule has 0 aliphatic heterocycles. The van der Waals surface area contributed by atoms with Crippen LogP contribution in [0, 0.1) is 20.8 Å². The molecule has 0 bridgehead atoms. The van der Waals surface area contributed by atoms with Gasteiger partial charge in [-0.25, -0.2) is 4.57 Å². The minimum Gasteiger partial charge on any atom is -0.396 e. The fraction of sp³-hybridized carbons (Fsp3) is 0.381. The Morgan fingerprint density at radius 2 is 1.86 bits per heavy atom. The lowest BCUT2D eigenvalue weighted by Crippen LogP contribution is -2.43. The number of nitrogens with zero attached hydrogens (tertiary/aromatic N) is 3. The first kappa shape index (κ1) is 20.4. The Hall–Kier alpha value is -2.35. The number of aliphatic hydroxyl groups excluding tert-OH is 2. The normalized spacial score (nSPS) is 12.4. The molecule has 0 amide bonds. The first-order valence-corrected chi connectivity index (χ1v) is 10.1. The van der Waals surface area contributed by atoms with Crippen LogP contribution in [0.1, 0.15) is 44.2 Å². The maximum Gasteiger partial charge on any atom is 0.297 e. The quantitative estimate of drug-likeness (QED) is 0.546. The summed E-state index contributed by atoms with van der Waals surface area (Å²) >= 11 is 1.54. The Morgan fingerprint density at radius 1 is 1.18 bits per heavy atom. The van der Waals surface area contributed by atoms with E-state index in [1.54, 1.807) is 0 Å². The van der Waals surface area contributed by atoms with Gasteiger partial charge in [-0.1, -0.05) is 41.2 Å². The average molecular weight is 401 g/mol. The zero-order valence-electron chi connectivity index (χ0n) is 16.8. The third-order valence-electron chi connectivity index (χ3n) is 5.07. The van der Waals surface area contributed by atoms with Gasteiger partial charge >= 0.3 is 0 Å². The third kappa shape index (κ3) is 4.06. The van der Waals surface area contributed by atoms with E-state index in [-0.39, 0.29) is 6.61 Å². The largest absolute Gasteiger partial charge is 0.396 e. The Kier molecular flexibility index (Phi) is 6.07. The zero-order valence-corrected chi connectivity index (χ0v) is 17.6. The molecule has 0 aliphatic carbocycles. The monoisotopic (exact) mass is 400 g/mol. The number of nitrogen functional groups attached to an aromatic ring is 1. The average Bonchev–Trinajstić information content (AvgIpc) is 2.96. The molecule has 7 heteroatoms. The molecular weight excluding hydrogens is 372 g/mol. The minimum absolute atomic E-state index is 0.0740. The van der Waals surface area contributed by atoms with Gasteiger partial charge in [0.15, 0.2) is 18.3 Å². The third-order valence-corrected chi connectivity index (χ3v) is 6.47. The summed E-state index contributed by atoms with van der Waals surface area (Å²) in [6.45, 7) is 6.54. The van der Waals surface area contributed by atoms with E-state index in [2.05, 4.69) is 9.55 Å². The highest BCUT2D eigenvalue weighted by Gasteiger charge is 2.31. The van der Waals surface area contributed by atoms with Crippen LogP contribution >= 0.6 is 11.3 Å². The van der Waals surface area contributed by atoms with Crippen molar-refractivity contribution >= 4 is 17.2 Å². The number of benzene rings is 1. The van der Waals surface area contributed by atoms with E-state index in [9.17, 15) is 10.2 Å². The maximum atomic E-state index is 11.1. The topological polar surface area (TPSA) is 87.1 Å². The van der Waals surface area contributed by atoms with Gasteiger partial charge in [0.2, 0.25) is 0 Å². The number of hydrogen-bond donors (Lipinski definition) is 3. The van der Waals surface area contributed by atoms with Gasteiger partial charge in [0, 0.05) is 26.9 Å². The molecule has 3 rings (SSSR count). The highest BCUT2D eigenvalue weighted by molar-refractivity contribution is 7.11. The molecule has 28 heavy (non-hydrogen) atoms. The number of anilines is 1. The summed E-state index contributed by atoms with van der Waals surface area (Å²) < 4.78 is 4.03. The molecule has 0 radical (unpaired) electrons. The summed E-state index contributed by atoms with van der Waals surface area (Å²) in [6, 6.07) is 7.90. The van der Waals surface area contributed by atoms with Crippen molar-refractivity contribution in [3.8, 4) is 0 Å². The van der Waals surface area contributed by atoms with Gasteiger partial charge < -0.3 is 15.9 Å². The second-order valence-corrected chi connectivity index (χ2v) is 8.25. The van der Waals surface area contributed by atoms with Crippen molar-refractivity contribution in [3.63, 3.8) is 0 Å². The van der Waals surface area contributed by atoms with Crippen LogP contribution in [0.15, 0.2) is 30.5 Å². The molecular formula is C21H28N4O2S+2. The van der Waals surface area contributed by atoms with Crippen LogP contribution in [-0.2, 0) is 20.0 Å². The lowest BCUT2D eigenvalue weighted by atomic mass is 10.1. The number of thiazole rings is 1. The number of nitrogens with two attached hydrogens (primary N) is 1. The van der Waals surface area contributed by atoms with Gasteiger partial charge in [-0.05, 0) is 17.5 Å². The molecule has 0 aliphatic rings. The SMILES string of the molecule is Cc1ccc(C(O)c2sc(CCO)c(C)[n+]2Cc2c[n+](C)c(C)nc2N)cc1. The standard InChI is InChI=1S/C21H27N4O2S/c1-13-5-7-16(8-6-13)19(27)21-25(14(2)18(28-21)9-10-26)12-17-11-24(4)15(3)23-20(17)22/h5-8,11,19,22,26-27H,9-10,12H2,1-4H3/q+1/p+1. The van der Waals surface area contributed by atoms with E-state index in [4.69, 9.17) is 5.73 Å². The molecule has 1 atom stereocenters. The summed E-state index contributed by atoms with van der Waals surface area (Å²) in [5.74, 6) is 1.34. The van der Waals surface area contributed by atoms with E-state index < -0.39 is 6.10 Å². The van der Waals surface area contributed by atoms with Crippen molar-refractivity contribution in [2.75, 3.05) is 12.3 Å². The van der Waals surface area contributed by atoms with Crippen molar-refractivity contribution < 1.29 is 19.3 Å². The maximum absolute atomic E-state index is 11.1. The lowest BCUT2D eigenvalue weighted by Gasteiger charge is -2.09. The fourth-order valence-electron chi connectivity index (χ4n) is 3.21. The molecule has 0 spiro atoms. The Balaban J connectivity index is 2.06. The molecule has 1 aromatic carbocycles. The number of aryl methyl sites for hydroxylation is 3. The first-order valence-electron chi connectivity index (χ1n) is 9.31. The van der Waals surface area contributed by atoms with E-state index in [1.807, 2.05) is 62.8 Å². The van der Waals surface area contributed by atoms with Crippen LogP contribution in [0.3, 0.4) is 0 Å². The summed E-state index contributed by atoms with van der Waals surface area (Å²) in [6.07, 6.45) is 1.80. The van der Waals surface area contributed by atoms with Crippen LogP contribution < -0.4 is 14.9 Å². The van der Waals surface area contributed by atoms with Gasteiger partial charge in [-0.2, -0.15) is 4.57 Å². The summed E-state index contributed by atoms with van der Waals surface area (Å²) in [5.41, 5.74) is 10.1. The predicted octanol–water partition coefficient (Wildman–Crippen LogP) is 1.43. The second-order valence-electron chi connectivity index (χ2n) is 7.13. The molecule has 6 nitrogen and oxygen atoms in total. The number of rotatable bonds is 6. The van der Waals surface area contributed by atoms with Gasteiger partial charge in [0.25, 0.3) is 16.6 Å². The lowest BCUT2D eigenvalue weighted by molar-refractivity contribution is -0.705. The Morgan fingerprint density at radius 3 is 2.50 bits per heavy atom. The molecule has 3 aromatic rings. The van der Waals surface area contributed by atoms with Crippen molar-refractivity contribution in [1.82, 2.24) is 4.98 Å². The molecule has 0 saturated heterocycles. The van der Waals surface area contributed by atoms with Gasteiger partial charge in [0.05, 0.1) is 11.9 Å². The van der Waals surface area contributed by atoms with Crippen LogP contribution in [-0.4, -0.2) is 21.8 Å². The second kappa shape index (κ2) is 8.34. The molecule has 0 saturated carbocycles. The van der Waals surface area contributed by atoms with Crippen molar-refractivity contribution in [1.29, 1.82) is 0 Å². The summed E-state index contributed by atoms with van der Waals surface area (Å²) in [4.78, 5) is 5.47. The first-order chi connectivity index (χ1) is 13.3. The summed E-state index contributed by atoms with van der Waals surface area (Å²) in [7, 11) is 1.94. The Labute approximate surface area is 169 Å². The van der Waals surface area contributed by atoms with Crippen molar-refractivity contribution in [2.24, 2.45) is 7.05 Å². The summed E-state index contributed by atoms with van der Waals surface area (Å²) in [5, 5.41) is 21.3. The zero-order chi connectivity index (χ0) is 20.4. The number of hydrogen-bond acceptors (Lipinski definition) is 5. The predicted molar refractivity (Wildman–Crippen MR) is 109 cm³/mol. The minimum atomic E-state index is -0.745. The number of aromatic nitrogens is 3. The molecule has 148 valence electrons. The van der Waals surface area contributed by atoms with Crippen LogP contribution in [0.4, 0.5) is 5.82 Å². The van der Waals surface area contributed by atoms with Crippen LogP contribution in [0.2, 0.25) is 0 Å². The van der Waals surface area contributed by atoms with E-state index in [0.29, 0.717) is 18.8 Å². The molecule has 2 aromatic heterocycles. The van der Waals surface area contributed by atoms with E-state index in [0.717, 1.165) is 38.1 Å². The van der Waals surface area contributed by atoms with Crippen LogP contribution in [0.5, 0.6) is 0 Å². The van der Waals surface area contributed by atoms with E-state index >= 15 is 0 Å². The molecule has 4 N–H and O–H groups in total. The number of aliphatic hydroxyl groups is 2. The molecule has 1 unspecified atom stereocenters. The van der Waals surface area contributed by atoms with Crippen LogP contribution in [0.25, 0.3) is 0 Å². The molecule has 2 heterocycles. The van der Waals surface area contributed by atoms with Gasteiger partial charge in [-0.3, -0.25) is 0 Å². The van der Waals surface area contributed by atoms with Gasteiger partial charge in [-0.15, -0.1) is 0 Å². The van der Waals surface area contributed by atoms with Gasteiger partial charge in [0.1, 0.15) is 11.8 Å². The highest BCUT2D eigenvalue weighted by Crippen LogP contribution is 2.28. The Bertz CT molecular complexity index is 983. The van der Waals surface area contributed by atoms with E-state index in [1.165, 1.54) is 11.3 Å². The smallest absolute Gasteiger partial charge is 0.297 e. The highest BCUT2D eigenvalue weighted by atomic mass is 32.1. The molecule has 0 fully saturated rings. The van der Waals surface area contributed by atoms with Crippen molar-refractivity contribution in [2.45, 2.75) is 39.8 Å².